The van der Waals surface area contributed by atoms with Crippen LogP contribution < -0.4 is 5.32 Å². The van der Waals surface area contributed by atoms with Crippen LogP contribution in [0.5, 0.6) is 0 Å². The van der Waals surface area contributed by atoms with Crippen LogP contribution >= 0.6 is 0 Å². The number of likely N-dealkylation sites (tertiary alicyclic amines) is 1. The van der Waals surface area contributed by atoms with E-state index < -0.39 is 43.7 Å². The van der Waals surface area contributed by atoms with Gasteiger partial charge in [-0.25, -0.2) is 9.59 Å². The summed E-state index contributed by atoms with van der Waals surface area (Å²) in [5, 5.41) is 12.1. The van der Waals surface area contributed by atoms with Crippen LogP contribution in [0, 0.1) is 0 Å². The number of hydrogen-bond acceptors (Lipinski definition) is 6. The van der Waals surface area contributed by atoms with Gasteiger partial charge in [0.2, 0.25) is 0 Å². The van der Waals surface area contributed by atoms with Gasteiger partial charge >= 0.3 is 18.2 Å². The van der Waals surface area contributed by atoms with Crippen molar-refractivity contribution in [2.45, 2.75) is 123 Å². The fraction of sp³-hybridized carbons (Fsp3) is 0.690. The molecule has 0 unspecified atom stereocenters. The van der Waals surface area contributed by atoms with Crippen molar-refractivity contribution in [2.24, 2.45) is 0 Å². The van der Waals surface area contributed by atoms with Crippen molar-refractivity contribution < 1.29 is 33.4 Å². The van der Waals surface area contributed by atoms with E-state index in [0.29, 0.717) is 18.5 Å². The molecule has 1 aliphatic rings. The molecule has 1 aliphatic heterocycles. The number of carbonyl (C=O) groups excluding carboxylic acids is 2. The van der Waals surface area contributed by atoms with E-state index in [0.717, 1.165) is 5.56 Å². The highest BCUT2D eigenvalue weighted by atomic mass is 28.4. The number of nitrogens with zero attached hydrogens (tertiary/aromatic N) is 1. The molecule has 1 heterocycles. The number of alkyl carbamates (subject to hydrolysis) is 1. The predicted octanol–water partition coefficient (Wildman–Crippen LogP) is 6.80. The van der Waals surface area contributed by atoms with Crippen LogP contribution in [0.3, 0.4) is 0 Å². The Morgan fingerprint density at radius 3 is 1.97 bits per heavy atom. The zero-order valence-electron chi connectivity index (χ0n) is 25.5. The summed E-state index contributed by atoms with van der Waals surface area (Å²) in [6.07, 6.45) is -0.880. The van der Waals surface area contributed by atoms with E-state index in [2.05, 4.69) is 39.2 Å². The summed E-state index contributed by atoms with van der Waals surface area (Å²) in [4.78, 5) is 38.8. The Balaban J connectivity index is 2.33. The van der Waals surface area contributed by atoms with Gasteiger partial charge in [-0.1, -0.05) is 45.0 Å². The minimum atomic E-state index is -2.07. The second-order valence-corrected chi connectivity index (χ2v) is 18.6. The molecule has 0 aliphatic carbocycles. The first-order valence-electron chi connectivity index (χ1n) is 13.6. The Morgan fingerprint density at radius 1 is 0.974 bits per heavy atom. The quantitative estimate of drug-likeness (QED) is 0.350. The standard InChI is InChI=1S/C29H48N2O7Si/c1-27(2,3)36-25(34)30-22(17-24(32)33)19-12-14-20(15-13-19)23-16-21(38-39(10,11)29(7,8)9)18-31(23)26(35)37-28(4,5)6/h12-15,21-23H,16-18H2,1-11H3,(H,30,34)(H,32,33)/t21-,22+,23-/m1/s1. The molecule has 0 spiro atoms. The lowest BCUT2D eigenvalue weighted by atomic mass is 9.98. The van der Waals surface area contributed by atoms with Crippen molar-refractivity contribution in [1.82, 2.24) is 10.2 Å². The number of carbonyl (C=O) groups is 3. The maximum Gasteiger partial charge on any atom is 0.410 e. The molecule has 10 heteroatoms. The van der Waals surface area contributed by atoms with Crippen molar-refractivity contribution in [2.75, 3.05) is 6.54 Å². The Morgan fingerprint density at radius 2 is 1.51 bits per heavy atom. The Kier molecular flexibility index (Phi) is 9.93. The lowest BCUT2D eigenvalue weighted by Crippen LogP contribution is -2.45. The van der Waals surface area contributed by atoms with E-state index in [9.17, 15) is 19.5 Å². The average molecular weight is 565 g/mol. The van der Waals surface area contributed by atoms with Gasteiger partial charge in [0.15, 0.2) is 8.32 Å². The van der Waals surface area contributed by atoms with E-state index in [1.807, 2.05) is 32.9 Å². The minimum Gasteiger partial charge on any atom is -0.481 e. The van der Waals surface area contributed by atoms with Crippen LogP contribution in [0.25, 0.3) is 0 Å². The monoisotopic (exact) mass is 564 g/mol. The number of amides is 2. The van der Waals surface area contributed by atoms with E-state index in [1.54, 1.807) is 37.8 Å². The van der Waals surface area contributed by atoms with E-state index in [-0.39, 0.29) is 23.6 Å². The number of benzene rings is 1. The number of carboxylic acids is 1. The smallest absolute Gasteiger partial charge is 0.410 e. The first-order valence-corrected chi connectivity index (χ1v) is 16.5. The van der Waals surface area contributed by atoms with Gasteiger partial charge in [-0.15, -0.1) is 0 Å². The lowest BCUT2D eigenvalue weighted by molar-refractivity contribution is -0.137. The number of aliphatic carboxylic acids is 1. The Labute approximate surface area is 234 Å². The SMILES string of the molecule is CC(C)(C)OC(=O)N[C@@H](CC(=O)O)c1ccc([C@H]2C[C@@H](O[Si](C)(C)C(C)(C)C)CN2C(=O)OC(C)(C)C)cc1. The topological polar surface area (TPSA) is 114 Å². The highest BCUT2D eigenvalue weighted by Crippen LogP contribution is 2.42. The third-order valence-corrected chi connectivity index (χ3v) is 11.5. The molecular weight excluding hydrogens is 516 g/mol. The first-order chi connectivity index (χ1) is 17.6. The summed E-state index contributed by atoms with van der Waals surface area (Å²) in [6, 6.07) is 6.28. The van der Waals surface area contributed by atoms with Gasteiger partial charge < -0.3 is 24.3 Å². The molecule has 1 aromatic rings. The van der Waals surface area contributed by atoms with Crippen molar-refractivity contribution in [3.05, 3.63) is 35.4 Å². The molecule has 39 heavy (non-hydrogen) atoms. The summed E-state index contributed by atoms with van der Waals surface area (Å²) in [7, 11) is -2.07. The lowest BCUT2D eigenvalue weighted by Gasteiger charge is -2.38. The van der Waals surface area contributed by atoms with Crippen molar-refractivity contribution in [1.29, 1.82) is 0 Å². The van der Waals surface area contributed by atoms with E-state index >= 15 is 0 Å². The summed E-state index contributed by atoms with van der Waals surface area (Å²) in [6.45, 7) is 22.2. The fourth-order valence-corrected chi connectivity index (χ4v) is 5.50. The molecule has 2 N–H and O–H groups in total. The molecule has 9 nitrogen and oxygen atoms in total. The average Bonchev–Trinajstić information content (AvgIpc) is 3.13. The maximum absolute atomic E-state index is 13.2. The van der Waals surface area contributed by atoms with Gasteiger partial charge in [0.25, 0.3) is 0 Å². The fourth-order valence-electron chi connectivity index (χ4n) is 4.14. The van der Waals surface area contributed by atoms with Gasteiger partial charge in [0.05, 0.1) is 24.6 Å². The van der Waals surface area contributed by atoms with Gasteiger partial charge in [-0.3, -0.25) is 9.69 Å². The second-order valence-electron chi connectivity index (χ2n) is 13.8. The van der Waals surface area contributed by atoms with Crippen molar-refractivity contribution >= 4 is 26.5 Å². The molecule has 3 atom stereocenters. The molecule has 220 valence electrons. The van der Waals surface area contributed by atoms with Crippen molar-refractivity contribution in [3.8, 4) is 0 Å². The highest BCUT2D eigenvalue weighted by molar-refractivity contribution is 6.74. The van der Waals surface area contributed by atoms with Crippen LogP contribution in [0.2, 0.25) is 18.1 Å². The molecule has 0 aromatic heterocycles. The Bertz CT molecular complexity index is 1020. The van der Waals surface area contributed by atoms with E-state index in [4.69, 9.17) is 13.9 Å². The van der Waals surface area contributed by atoms with Gasteiger partial charge in [0, 0.05) is 6.54 Å². The van der Waals surface area contributed by atoms with Crippen molar-refractivity contribution in [3.63, 3.8) is 0 Å². The summed E-state index contributed by atoms with van der Waals surface area (Å²) < 4.78 is 17.7. The summed E-state index contributed by atoms with van der Waals surface area (Å²) in [5.74, 6) is -1.04. The number of carboxylic acid groups (broad SMARTS) is 1. The molecule has 0 saturated carbocycles. The first kappa shape index (κ1) is 32.6. The molecule has 0 radical (unpaired) electrons. The molecule has 1 saturated heterocycles. The summed E-state index contributed by atoms with van der Waals surface area (Å²) >= 11 is 0. The molecule has 1 fully saturated rings. The van der Waals surface area contributed by atoms with Crippen LogP contribution in [-0.4, -0.2) is 60.3 Å². The zero-order chi connectivity index (χ0) is 30.0. The molecule has 0 bridgehead atoms. The predicted molar refractivity (Wildman–Crippen MR) is 153 cm³/mol. The van der Waals surface area contributed by atoms with Crippen LogP contribution in [-0.2, 0) is 18.7 Å². The Hall–Kier alpha value is -2.59. The van der Waals surface area contributed by atoms with E-state index in [1.165, 1.54) is 0 Å². The normalized spacial score (nSPS) is 19.4. The molecule has 2 rings (SSSR count). The molecule has 2 amide bonds. The highest BCUT2D eigenvalue weighted by Gasteiger charge is 2.45. The van der Waals surface area contributed by atoms with Crippen LogP contribution in [0.4, 0.5) is 9.59 Å². The van der Waals surface area contributed by atoms with Gasteiger partial charge in [0.1, 0.15) is 11.2 Å². The molecular formula is C29H48N2O7Si. The summed E-state index contributed by atoms with van der Waals surface area (Å²) in [5.41, 5.74) is 0.166. The third kappa shape index (κ3) is 9.83. The largest absolute Gasteiger partial charge is 0.481 e. The minimum absolute atomic E-state index is 0.0315. The van der Waals surface area contributed by atoms with Gasteiger partial charge in [-0.05, 0) is 77.2 Å². The number of hydrogen-bond donors (Lipinski definition) is 2. The van der Waals surface area contributed by atoms with Gasteiger partial charge in [-0.2, -0.15) is 0 Å². The second kappa shape index (κ2) is 11.9. The number of ether oxygens (including phenoxy) is 2. The number of nitrogens with one attached hydrogen (secondary N) is 1. The molecule has 1 aromatic carbocycles. The maximum atomic E-state index is 13.2. The van der Waals surface area contributed by atoms with Crippen LogP contribution in [0.1, 0.15) is 98.4 Å². The number of rotatable bonds is 7. The van der Waals surface area contributed by atoms with Crippen LogP contribution in [0.15, 0.2) is 24.3 Å². The zero-order valence-corrected chi connectivity index (χ0v) is 26.5. The third-order valence-electron chi connectivity index (χ3n) is 6.95.